The van der Waals surface area contributed by atoms with Gasteiger partial charge in [-0.15, -0.1) is 0 Å². The van der Waals surface area contributed by atoms with Crippen molar-refractivity contribution in [2.75, 3.05) is 0 Å². The topological polar surface area (TPSA) is 77.8 Å². The third kappa shape index (κ3) is 5.70. The molecule has 0 aromatic heterocycles. The summed E-state index contributed by atoms with van der Waals surface area (Å²) >= 11 is 0. The molecule has 0 bridgehead atoms. The number of carboxylic acids is 1. The molecule has 0 saturated heterocycles. The maximum Gasteiger partial charge on any atom is 0.303 e. The molecule has 0 heterocycles. The lowest BCUT2D eigenvalue weighted by molar-refractivity contribution is -0.137. The fourth-order valence-corrected chi connectivity index (χ4v) is 5.94. The molecule has 0 spiro atoms. The number of allylic oxidation sites excluding steroid dienone is 2. The minimum absolute atomic E-state index is 0.142. The lowest BCUT2D eigenvalue weighted by atomic mass is 9.72. The molecule has 0 aliphatic heterocycles. The number of carbonyl (C=O) groups is 1. The van der Waals surface area contributed by atoms with E-state index in [4.69, 9.17) is 5.11 Å². The summed E-state index contributed by atoms with van der Waals surface area (Å²) in [6.45, 7) is 2.31. The van der Waals surface area contributed by atoms with Gasteiger partial charge in [-0.25, -0.2) is 0 Å². The van der Waals surface area contributed by atoms with Crippen LogP contribution in [-0.4, -0.2) is 33.5 Å². The van der Waals surface area contributed by atoms with Crippen LogP contribution in [0.3, 0.4) is 0 Å². The van der Waals surface area contributed by atoms with Gasteiger partial charge >= 0.3 is 5.97 Å². The van der Waals surface area contributed by atoms with E-state index in [2.05, 4.69) is 19.1 Å². The summed E-state index contributed by atoms with van der Waals surface area (Å²) in [4.78, 5) is 10.6. The van der Waals surface area contributed by atoms with Crippen molar-refractivity contribution in [3.05, 3.63) is 23.8 Å². The van der Waals surface area contributed by atoms with Crippen LogP contribution in [0.4, 0.5) is 0 Å². The molecule has 0 aromatic rings. The molecule has 3 aliphatic carbocycles. The van der Waals surface area contributed by atoms with Gasteiger partial charge in [0, 0.05) is 12.3 Å². The molecule has 158 valence electrons. The molecular weight excluding hydrogens is 352 g/mol. The fraction of sp³-hybridized carbons (Fsp3) is 0.792. The van der Waals surface area contributed by atoms with Crippen molar-refractivity contribution in [1.82, 2.24) is 0 Å². The van der Waals surface area contributed by atoms with Gasteiger partial charge in [0.15, 0.2) is 0 Å². The maximum absolute atomic E-state index is 10.6. The SMILES string of the molecule is CC1(C[C@@H](O)C=C[C@@H]2[C@H]3CC(=CCCCC(=O)O)C[C@@H]3C[C@H]2O)CCCCC1. The first-order valence-electron chi connectivity index (χ1n) is 11.3. The molecule has 0 aromatic carbocycles. The van der Waals surface area contributed by atoms with Crippen molar-refractivity contribution in [1.29, 1.82) is 0 Å². The van der Waals surface area contributed by atoms with Crippen LogP contribution < -0.4 is 0 Å². The van der Waals surface area contributed by atoms with Gasteiger partial charge in [-0.05, 0) is 68.6 Å². The van der Waals surface area contributed by atoms with E-state index in [9.17, 15) is 15.0 Å². The number of rotatable bonds is 8. The van der Waals surface area contributed by atoms with Gasteiger partial charge in [0.1, 0.15) is 0 Å². The minimum Gasteiger partial charge on any atom is -0.481 e. The Morgan fingerprint density at radius 2 is 2.00 bits per heavy atom. The fourth-order valence-electron chi connectivity index (χ4n) is 5.94. The van der Waals surface area contributed by atoms with Crippen LogP contribution in [0.1, 0.15) is 84.0 Å². The summed E-state index contributed by atoms with van der Waals surface area (Å²) in [5.74, 6) is 0.414. The predicted molar refractivity (Wildman–Crippen MR) is 111 cm³/mol. The lowest BCUT2D eigenvalue weighted by Crippen LogP contribution is -2.25. The van der Waals surface area contributed by atoms with Crippen LogP contribution in [-0.2, 0) is 4.79 Å². The summed E-state index contributed by atoms with van der Waals surface area (Å²) in [6, 6.07) is 0. The standard InChI is InChI=1S/C24H38O4/c1-24(11-5-2-6-12-24)16-19(25)9-10-20-21-14-17(7-3-4-8-23(27)28)13-18(21)15-22(20)26/h7,9-10,18-22,25-26H,2-6,8,11-16H2,1H3,(H,27,28)/t18-,19+,20-,21+,22-/m1/s1. The third-order valence-electron chi connectivity index (χ3n) is 7.46. The highest BCUT2D eigenvalue weighted by atomic mass is 16.4. The number of aliphatic hydroxyl groups excluding tert-OH is 2. The van der Waals surface area contributed by atoms with Crippen molar-refractivity contribution in [3.8, 4) is 0 Å². The third-order valence-corrected chi connectivity index (χ3v) is 7.46. The first-order valence-corrected chi connectivity index (χ1v) is 11.3. The predicted octanol–water partition coefficient (Wildman–Crippen LogP) is 4.85. The van der Waals surface area contributed by atoms with Crippen LogP contribution in [0.5, 0.6) is 0 Å². The van der Waals surface area contributed by atoms with E-state index in [0.717, 1.165) is 32.1 Å². The number of aliphatic carboxylic acids is 1. The molecule has 28 heavy (non-hydrogen) atoms. The summed E-state index contributed by atoms with van der Waals surface area (Å²) in [7, 11) is 0. The molecule has 3 N–H and O–H groups in total. The van der Waals surface area contributed by atoms with E-state index in [1.807, 2.05) is 6.08 Å². The number of hydrogen-bond acceptors (Lipinski definition) is 3. The van der Waals surface area contributed by atoms with E-state index in [0.29, 0.717) is 18.3 Å². The van der Waals surface area contributed by atoms with Crippen molar-refractivity contribution in [2.45, 2.75) is 96.2 Å². The first-order chi connectivity index (χ1) is 13.4. The van der Waals surface area contributed by atoms with E-state index < -0.39 is 12.1 Å². The number of carboxylic acid groups (broad SMARTS) is 1. The minimum atomic E-state index is -0.726. The molecule has 0 amide bonds. The van der Waals surface area contributed by atoms with Crippen LogP contribution in [0.15, 0.2) is 23.8 Å². The number of aliphatic hydroxyl groups is 2. The summed E-state index contributed by atoms with van der Waals surface area (Å²) < 4.78 is 0. The summed E-state index contributed by atoms with van der Waals surface area (Å²) in [6.07, 6.45) is 17.4. The highest BCUT2D eigenvalue weighted by molar-refractivity contribution is 5.66. The van der Waals surface area contributed by atoms with Gasteiger partial charge in [0.05, 0.1) is 12.2 Å². The molecular formula is C24H38O4. The first kappa shape index (κ1) is 21.6. The van der Waals surface area contributed by atoms with Crippen LogP contribution in [0.2, 0.25) is 0 Å². The lowest BCUT2D eigenvalue weighted by Gasteiger charge is -2.34. The Hall–Kier alpha value is -1.13. The maximum atomic E-state index is 10.6. The number of hydrogen-bond donors (Lipinski definition) is 3. The Morgan fingerprint density at radius 3 is 2.71 bits per heavy atom. The van der Waals surface area contributed by atoms with E-state index >= 15 is 0 Å². The molecule has 0 radical (unpaired) electrons. The largest absolute Gasteiger partial charge is 0.481 e. The smallest absolute Gasteiger partial charge is 0.303 e. The molecule has 4 nitrogen and oxygen atoms in total. The Labute approximate surface area is 169 Å². The second-order valence-electron chi connectivity index (χ2n) is 9.89. The van der Waals surface area contributed by atoms with Crippen LogP contribution >= 0.6 is 0 Å². The Balaban J connectivity index is 1.51. The highest BCUT2D eigenvalue weighted by Crippen LogP contribution is 2.50. The van der Waals surface area contributed by atoms with Crippen LogP contribution in [0, 0.1) is 23.2 Å². The van der Waals surface area contributed by atoms with Gasteiger partial charge in [0.2, 0.25) is 0 Å². The van der Waals surface area contributed by atoms with E-state index in [-0.39, 0.29) is 23.9 Å². The highest BCUT2D eigenvalue weighted by Gasteiger charge is 2.45. The molecule has 4 heteroatoms. The average molecular weight is 391 g/mol. The van der Waals surface area contributed by atoms with Gasteiger partial charge < -0.3 is 15.3 Å². The van der Waals surface area contributed by atoms with Crippen LogP contribution in [0.25, 0.3) is 0 Å². The summed E-state index contributed by atoms with van der Waals surface area (Å²) in [5.41, 5.74) is 1.69. The van der Waals surface area contributed by atoms with Gasteiger partial charge in [-0.3, -0.25) is 4.79 Å². The molecule has 3 aliphatic rings. The second kappa shape index (κ2) is 9.58. The monoisotopic (exact) mass is 390 g/mol. The van der Waals surface area contributed by atoms with Gasteiger partial charge in [-0.2, -0.15) is 0 Å². The Kier molecular flexibility index (Phi) is 7.38. The molecule has 0 unspecified atom stereocenters. The molecule has 3 fully saturated rings. The molecule has 5 atom stereocenters. The van der Waals surface area contributed by atoms with Crippen molar-refractivity contribution < 1.29 is 20.1 Å². The van der Waals surface area contributed by atoms with E-state index in [1.54, 1.807) is 0 Å². The van der Waals surface area contributed by atoms with Crippen molar-refractivity contribution >= 4 is 5.97 Å². The van der Waals surface area contributed by atoms with Gasteiger partial charge in [0.25, 0.3) is 0 Å². The zero-order chi connectivity index (χ0) is 20.1. The van der Waals surface area contributed by atoms with Gasteiger partial charge in [-0.1, -0.05) is 50.0 Å². The Bertz CT molecular complexity index is 587. The summed E-state index contributed by atoms with van der Waals surface area (Å²) in [5, 5.41) is 29.8. The quantitative estimate of drug-likeness (QED) is 0.409. The Morgan fingerprint density at radius 1 is 1.25 bits per heavy atom. The van der Waals surface area contributed by atoms with E-state index in [1.165, 1.54) is 37.7 Å². The van der Waals surface area contributed by atoms with Crippen molar-refractivity contribution in [3.63, 3.8) is 0 Å². The zero-order valence-electron chi connectivity index (χ0n) is 17.4. The normalized spacial score (nSPS) is 34.8. The average Bonchev–Trinajstić information content (AvgIpc) is 3.13. The molecule has 3 saturated carbocycles. The molecule has 3 rings (SSSR count). The number of unbranched alkanes of at least 4 members (excludes halogenated alkanes) is 1. The second-order valence-corrected chi connectivity index (χ2v) is 9.89. The number of fused-ring (bicyclic) bond motifs is 1. The zero-order valence-corrected chi connectivity index (χ0v) is 17.4. The van der Waals surface area contributed by atoms with Crippen molar-refractivity contribution in [2.24, 2.45) is 23.2 Å².